The van der Waals surface area contributed by atoms with E-state index in [1.165, 1.54) is 0 Å². The first-order valence-corrected chi connectivity index (χ1v) is 6.08. The van der Waals surface area contributed by atoms with Crippen LogP contribution in [0.4, 0.5) is 0 Å². The highest BCUT2D eigenvalue weighted by molar-refractivity contribution is 5.79. The van der Waals surface area contributed by atoms with E-state index in [9.17, 15) is 4.79 Å². The van der Waals surface area contributed by atoms with E-state index in [-0.39, 0.29) is 24.0 Å². The van der Waals surface area contributed by atoms with E-state index in [0.29, 0.717) is 12.5 Å². The Labute approximate surface area is 96.7 Å². The molecule has 92 valence electrons. The number of ether oxygens (including phenoxy) is 2. The van der Waals surface area contributed by atoms with Gasteiger partial charge in [-0.15, -0.1) is 0 Å². The summed E-state index contributed by atoms with van der Waals surface area (Å²) in [5.41, 5.74) is 0. The second kappa shape index (κ2) is 4.00. The zero-order chi connectivity index (χ0) is 11.9. The Hall–Kier alpha value is -0.610. The molecule has 1 amide bonds. The standard InChI is InChI=1S/C12H21NO3/c1-5-13-11(14)8-6-7(2)9-10(8)16-12(3,4)15-9/h7-10H,5-6H2,1-4H3,(H,13,14)/t7-,8+,9+,10-/m1/s1. The fraction of sp³-hybridized carbons (Fsp3) is 0.917. The zero-order valence-electron chi connectivity index (χ0n) is 10.4. The van der Waals surface area contributed by atoms with Gasteiger partial charge in [0.15, 0.2) is 5.79 Å². The molecule has 4 heteroatoms. The molecular weight excluding hydrogens is 206 g/mol. The minimum absolute atomic E-state index is 0.0540. The van der Waals surface area contributed by atoms with Gasteiger partial charge in [0, 0.05) is 6.54 Å². The molecule has 1 saturated carbocycles. The van der Waals surface area contributed by atoms with Crippen LogP contribution in [0.2, 0.25) is 0 Å². The molecule has 4 nitrogen and oxygen atoms in total. The highest BCUT2D eigenvalue weighted by atomic mass is 16.8. The van der Waals surface area contributed by atoms with Crippen LogP contribution in [-0.4, -0.2) is 30.4 Å². The van der Waals surface area contributed by atoms with Gasteiger partial charge in [0.1, 0.15) is 0 Å². The average Bonchev–Trinajstić information content (AvgIpc) is 2.62. The third-order valence-electron chi connectivity index (χ3n) is 3.43. The predicted molar refractivity (Wildman–Crippen MR) is 59.8 cm³/mol. The third-order valence-corrected chi connectivity index (χ3v) is 3.43. The second-order valence-corrected chi connectivity index (χ2v) is 5.28. The average molecular weight is 227 g/mol. The lowest BCUT2D eigenvalue weighted by atomic mass is 10.0. The van der Waals surface area contributed by atoms with Crippen LogP contribution in [0.15, 0.2) is 0 Å². The molecular formula is C12H21NO3. The van der Waals surface area contributed by atoms with Gasteiger partial charge < -0.3 is 14.8 Å². The minimum Gasteiger partial charge on any atom is -0.356 e. The maximum atomic E-state index is 11.9. The van der Waals surface area contributed by atoms with E-state index in [4.69, 9.17) is 9.47 Å². The number of nitrogens with one attached hydrogen (secondary N) is 1. The molecule has 0 spiro atoms. The fourth-order valence-electron chi connectivity index (χ4n) is 2.80. The Kier molecular flexibility index (Phi) is 2.97. The Morgan fingerprint density at radius 1 is 1.38 bits per heavy atom. The first kappa shape index (κ1) is 11.9. The number of hydrogen-bond acceptors (Lipinski definition) is 3. The van der Waals surface area contributed by atoms with Crippen LogP contribution in [0.1, 0.15) is 34.1 Å². The smallest absolute Gasteiger partial charge is 0.225 e. The summed E-state index contributed by atoms with van der Waals surface area (Å²) in [6.07, 6.45) is 0.858. The number of carbonyl (C=O) groups is 1. The summed E-state index contributed by atoms with van der Waals surface area (Å²) in [5, 5.41) is 2.87. The Morgan fingerprint density at radius 3 is 2.62 bits per heavy atom. The number of carbonyl (C=O) groups excluding carboxylic acids is 1. The second-order valence-electron chi connectivity index (χ2n) is 5.28. The molecule has 1 aliphatic carbocycles. The molecule has 1 heterocycles. The van der Waals surface area contributed by atoms with Crippen molar-refractivity contribution in [3.05, 3.63) is 0 Å². The Morgan fingerprint density at radius 2 is 2.00 bits per heavy atom. The van der Waals surface area contributed by atoms with Crippen LogP contribution in [0, 0.1) is 11.8 Å². The normalized spacial score (nSPS) is 40.8. The van der Waals surface area contributed by atoms with Gasteiger partial charge in [0.2, 0.25) is 5.91 Å². The number of amides is 1. The van der Waals surface area contributed by atoms with Crippen molar-refractivity contribution in [2.24, 2.45) is 11.8 Å². The summed E-state index contributed by atoms with van der Waals surface area (Å²) in [6.45, 7) is 8.55. The molecule has 0 radical (unpaired) electrons. The van der Waals surface area contributed by atoms with Crippen molar-refractivity contribution < 1.29 is 14.3 Å². The van der Waals surface area contributed by atoms with Gasteiger partial charge in [0.05, 0.1) is 18.1 Å². The molecule has 0 aromatic carbocycles. The summed E-state index contributed by atoms with van der Waals surface area (Å²) in [5.74, 6) is -0.112. The van der Waals surface area contributed by atoms with Crippen LogP contribution >= 0.6 is 0 Å². The number of fused-ring (bicyclic) bond motifs is 1. The van der Waals surface area contributed by atoms with Crippen molar-refractivity contribution in [3.63, 3.8) is 0 Å². The van der Waals surface area contributed by atoms with E-state index >= 15 is 0 Å². The summed E-state index contributed by atoms with van der Waals surface area (Å²) in [7, 11) is 0. The summed E-state index contributed by atoms with van der Waals surface area (Å²) in [6, 6.07) is 0. The van der Waals surface area contributed by atoms with E-state index < -0.39 is 5.79 Å². The zero-order valence-corrected chi connectivity index (χ0v) is 10.4. The summed E-state index contributed by atoms with van der Waals surface area (Å²) >= 11 is 0. The molecule has 2 fully saturated rings. The van der Waals surface area contributed by atoms with E-state index in [1.54, 1.807) is 0 Å². The third kappa shape index (κ3) is 1.96. The van der Waals surface area contributed by atoms with Crippen LogP contribution in [0.5, 0.6) is 0 Å². The van der Waals surface area contributed by atoms with Crippen LogP contribution < -0.4 is 5.32 Å². The van der Waals surface area contributed by atoms with Gasteiger partial charge >= 0.3 is 0 Å². The lowest BCUT2D eigenvalue weighted by Gasteiger charge is -2.22. The van der Waals surface area contributed by atoms with Crippen LogP contribution in [0.3, 0.4) is 0 Å². The van der Waals surface area contributed by atoms with Crippen LogP contribution in [-0.2, 0) is 14.3 Å². The molecule has 16 heavy (non-hydrogen) atoms. The predicted octanol–water partition coefficient (Wildman–Crippen LogP) is 1.30. The molecule has 1 N–H and O–H groups in total. The highest BCUT2D eigenvalue weighted by Gasteiger charge is 2.54. The van der Waals surface area contributed by atoms with Crippen molar-refractivity contribution in [2.45, 2.75) is 52.1 Å². The van der Waals surface area contributed by atoms with Gasteiger partial charge in [-0.05, 0) is 33.1 Å². The van der Waals surface area contributed by atoms with E-state index in [0.717, 1.165) is 6.42 Å². The minimum atomic E-state index is -0.547. The first-order valence-electron chi connectivity index (χ1n) is 6.08. The topological polar surface area (TPSA) is 47.6 Å². The maximum absolute atomic E-state index is 11.9. The van der Waals surface area contributed by atoms with Gasteiger partial charge in [-0.3, -0.25) is 4.79 Å². The van der Waals surface area contributed by atoms with Gasteiger partial charge in [-0.2, -0.15) is 0 Å². The SMILES string of the molecule is CCNC(=O)[C@H]1C[C@@H](C)[C@@H]2OC(C)(C)O[C@@H]21. The molecule has 2 aliphatic rings. The van der Waals surface area contributed by atoms with Crippen molar-refractivity contribution in [1.29, 1.82) is 0 Å². The molecule has 4 atom stereocenters. The maximum Gasteiger partial charge on any atom is 0.225 e. The van der Waals surface area contributed by atoms with E-state index in [2.05, 4.69) is 12.2 Å². The van der Waals surface area contributed by atoms with Gasteiger partial charge in [-0.1, -0.05) is 6.92 Å². The van der Waals surface area contributed by atoms with Crippen molar-refractivity contribution in [1.82, 2.24) is 5.32 Å². The number of hydrogen-bond donors (Lipinski definition) is 1. The van der Waals surface area contributed by atoms with Gasteiger partial charge in [0.25, 0.3) is 0 Å². The lowest BCUT2D eigenvalue weighted by molar-refractivity contribution is -0.163. The highest BCUT2D eigenvalue weighted by Crippen LogP contribution is 2.44. The quantitative estimate of drug-likeness (QED) is 0.773. The molecule has 1 aliphatic heterocycles. The summed E-state index contributed by atoms with van der Waals surface area (Å²) in [4.78, 5) is 11.9. The molecule has 0 unspecified atom stereocenters. The largest absolute Gasteiger partial charge is 0.356 e. The Balaban J connectivity index is 2.10. The van der Waals surface area contributed by atoms with Gasteiger partial charge in [-0.25, -0.2) is 0 Å². The molecule has 0 bridgehead atoms. The van der Waals surface area contributed by atoms with Crippen LogP contribution in [0.25, 0.3) is 0 Å². The van der Waals surface area contributed by atoms with E-state index in [1.807, 2.05) is 20.8 Å². The number of rotatable bonds is 2. The monoisotopic (exact) mass is 227 g/mol. The molecule has 2 rings (SSSR count). The Bertz CT molecular complexity index is 290. The summed E-state index contributed by atoms with van der Waals surface area (Å²) < 4.78 is 11.7. The lowest BCUT2D eigenvalue weighted by Crippen LogP contribution is -2.37. The van der Waals surface area contributed by atoms with Crippen molar-refractivity contribution >= 4 is 5.91 Å². The fourth-order valence-corrected chi connectivity index (χ4v) is 2.80. The molecule has 1 saturated heterocycles. The first-order chi connectivity index (χ1) is 7.44. The van der Waals surface area contributed by atoms with Crippen molar-refractivity contribution in [2.75, 3.05) is 6.54 Å². The molecule has 0 aromatic heterocycles. The van der Waals surface area contributed by atoms with Crippen molar-refractivity contribution in [3.8, 4) is 0 Å². The molecule has 0 aromatic rings.